The third-order valence-electron chi connectivity index (χ3n) is 5.74. The van der Waals surface area contributed by atoms with Crippen molar-refractivity contribution < 1.29 is 8.42 Å². The number of benzene rings is 1. The molecule has 4 nitrogen and oxygen atoms in total. The molecule has 1 aromatic carbocycles. The molecule has 1 aromatic rings. The molecule has 20 heavy (non-hydrogen) atoms. The van der Waals surface area contributed by atoms with Gasteiger partial charge in [0.1, 0.15) is 0 Å². The fraction of sp³-hybridized carbons (Fsp3) is 0.600. The summed E-state index contributed by atoms with van der Waals surface area (Å²) in [6.45, 7) is 7.78. The van der Waals surface area contributed by atoms with E-state index in [2.05, 4.69) is 26.1 Å². The molecule has 1 heterocycles. The average molecular weight is 294 g/mol. The molecule has 110 valence electrons. The van der Waals surface area contributed by atoms with Crippen LogP contribution in [-0.2, 0) is 21.9 Å². The number of hydrogen-bond donors (Lipinski definition) is 2. The maximum absolute atomic E-state index is 11.6. The molecule has 2 aliphatic rings. The van der Waals surface area contributed by atoms with Crippen molar-refractivity contribution in [3.63, 3.8) is 0 Å². The van der Waals surface area contributed by atoms with Crippen LogP contribution in [0.25, 0.3) is 0 Å². The highest BCUT2D eigenvalue weighted by Gasteiger charge is 2.53. The summed E-state index contributed by atoms with van der Waals surface area (Å²) in [6.07, 6.45) is 1.96. The highest BCUT2D eigenvalue weighted by molar-refractivity contribution is 7.89. The number of fused-ring (bicyclic) bond motifs is 4. The van der Waals surface area contributed by atoms with E-state index in [4.69, 9.17) is 5.14 Å². The standard InChI is InChI=1S/C15H22N2O2S/c1-14(2)13-8-10-4-5-11(20(16,18)19)9-12(10)15(14,3)6-7-17-13/h4-5,9,13,17H,6-8H2,1-3H3,(H2,16,18,19). The second-order valence-electron chi connectivity index (χ2n) is 6.88. The van der Waals surface area contributed by atoms with Crippen molar-refractivity contribution in [3.8, 4) is 0 Å². The molecule has 0 spiro atoms. The molecule has 0 saturated carbocycles. The van der Waals surface area contributed by atoms with Crippen molar-refractivity contribution in [1.29, 1.82) is 0 Å². The Hall–Kier alpha value is -0.910. The van der Waals surface area contributed by atoms with Crippen LogP contribution in [0.1, 0.15) is 38.3 Å². The summed E-state index contributed by atoms with van der Waals surface area (Å²) in [5, 5.41) is 8.90. The number of hydrogen-bond acceptors (Lipinski definition) is 3. The minimum absolute atomic E-state index is 0.0167. The quantitative estimate of drug-likeness (QED) is 0.825. The number of piperidine rings is 1. The van der Waals surface area contributed by atoms with E-state index < -0.39 is 10.0 Å². The summed E-state index contributed by atoms with van der Waals surface area (Å²) in [5.41, 5.74) is 2.48. The molecule has 0 aromatic heterocycles. The summed E-state index contributed by atoms with van der Waals surface area (Å²) in [4.78, 5) is 0.227. The maximum Gasteiger partial charge on any atom is 0.238 e. The van der Waals surface area contributed by atoms with Crippen LogP contribution >= 0.6 is 0 Å². The van der Waals surface area contributed by atoms with Gasteiger partial charge in [-0.15, -0.1) is 0 Å². The van der Waals surface area contributed by atoms with Crippen LogP contribution < -0.4 is 10.5 Å². The number of nitrogens with one attached hydrogen (secondary N) is 1. The van der Waals surface area contributed by atoms with E-state index in [-0.39, 0.29) is 15.7 Å². The Morgan fingerprint density at radius 2 is 2.00 bits per heavy atom. The largest absolute Gasteiger partial charge is 0.313 e. The Labute approximate surface area is 120 Å². The van der Waals surface area contributed by atoms with E-state index >= 15 is 0 Å². The Bertz CT molecular complexity index is 666. The van der Waals surface area contributed by atoms with Crippen molar-refractivity contribution in [3.05, 3.63) is 29.3 Å². The van der Waals surface area contributed by atoms with Gasteiger partial charge in [0.25, 0.3) is 0 Å². The molecule has 1 aliphatic heterocycles. The molecule has 1 saturated heterocycles. The van der Waals surface area contributed by atoms with Crippen LogP contribution in [0.4, 0.5) is 0 Å². The van der Waals surface area contributed by atoms with Crippen LogP contribution in [0.3, 0.4) is 0 Å². The van der Waals surface area contributed by atoms with Gasteiger partial charge in [0.05, 0.1) is 4.90 Å². The highest BCUT2D eigenvalue weighted by atomic mass is 32.2. The molecule has 1 fully saturated rings. The lowest BCUT2D eigenvalue weighted by molar-refractivity contribution is 0.0557. The lowest BCUT2D eigenvalue weighted by Crippen LogP contribution is -2.62. The fourth-order valence-corrected chi connectivity index (χ4v) is 4.45. The number of sulfonamides is 1. The van der Waals surface area contributed by atoms with E-state index in [0.29, 0.717) is 6.04 Å². The molecule has 2 unspecified atom stereocenters. The van der Waals surface area contributed by atoms with Gasteiger partial charge in [-0.05, 0) is 48.1 Å². The molecular weight excluding hydrogens is 272 g/mol. The van der Waals surface area contributed by atoms with Crippen LogP contribution in [0.2, 0.25) is 0 Å². The van der Waals surface area contributed by atoms with Crippen molar-refractivity contribution in [1.82, 2.24) is 5.32 Å². The molecule has 1 aliphatic carbocycles. The molecule has 3 rings (SSSR count). The summed E-state index contributed by atoms with van der Waals surface area (Å²) < 4.78 is 23.2. The van der Waals surface area contributed by atoms with Crippen molar-refractivity contribution in [2.24, 2.45) is 10.6 Å². The monoisotopic (exact) mass is 294 g/mol. The second kappa shape index (κ2) is 4.06. The van der Waals surface area contributed by atoms with Crippen molar-refractivity contribution in [2.75, 3.05) is 6.54 Å². The van der Waals surface area contributed by atoms with Gasteiger partial charge in [0.15, 0.2) is 0 Å². The van der Waals surface area contributed by atoms with Crippen molar-refractivity contribution >= 4 is 10.0 Å². The van der Waals surface area contributed by atoms with E-state index in [1.165, 1.54) is 5.56 Å². The lowest BCUT2D eigenvalue weighted by Gasteiger charge is -2.57. The predicted molar refractivity (Wildman–Crippen MR) is 79.1 cm³/mol. The van der Waals surface area contributed by atoms with Gasteiger partial charge < -0.3 is 5.32 Å². The Morgan fingerprint density at radius 1 is 1.30 bits per heavy atom. The number of primary sulfonamides is 1. The van der Waals surface area contributed by atoms with Crippen LogP contribution in [0, 0.1) is 5.41 Å². The SMILES string of the molecule is CC12CCNC(Cc3ccc(S(N)(=O)=O)cc31)C2(C)C. The average Bonchev–Trinajstić information content (AvgIpc) is 2.32. The third kappa shape index (κ3) is 1.76. The summed E-state index contributed by atoms with van der Waals surface area (Å²) in [6, 6.07) is 5.80. The molecule has 2 bridgehead atoms. The minimum atomic E-state index is -3.64. The first-order valence-electron chi connectivity index (χ1n) is 7.06. The Kier molecular flexibility index (Phi) is 2.85. The Balaban J connectivity index is 2.24. The normalized spacial score (nSPS) is 31.7. The summed E-state index contributed by atoms with van der Waals surface area (Å²) >= 11 is 0. The predicted octanol–water partition coefficient (Wildman–Crippen LogP) is 1.54. The molecule has 5 heteroatoms. The lowest BCUT2D eigenvalue weighted by atomic mass is 9.51. The number of rotatable bonds is 1. The number of nitrogens with two attached hydrogens (primary N) is 1. The van der Waals surface area contributed by atoms with Gasteiger partial charge >= 0.3 is 0 Å². The molecule has 2 atom stereocenters. The topological polar surface area (TPSA) is 72.2 Å². The van der Waals surface area contributed by atoms with Crippen molar-refractivity contribution in [2.45, 2.75) is 50.0 Å². The van der Waals surface area contributed by atoms with Gasteiger partial charge in [-0.25, -0.2) is 13.6 Å². The highest BCUT2D eigenvalue weighted by Crippen LogP contribution is 2.53. The first-order chi connectivity index (χ1) is 9.16. The van der Waals surface area contributed by atoms with E-state index in [1.54, 1.807) is 12.1 Å². The second-order valence-corrected chi connectivity index (χ2v) is 8.44. The van der Waals surface area contributed by atoms with Crippen LogP contribution in [0.15, 0.2) is 23.1 Å². The third-order valence-corrected chi connectivity index (χ3v) is 6.65. The van der Waals surface area contributed by atoms with Crippen LogP contribution in [-0.4, -0.2) is 21.0 Å². The molecule has 3 N–H and O–H groups in total. The summed E-state index contributed by atoms with van der Waals surface area (Å²) in [7, 11) is -3.64. The zero-order chi connectivity index (χ0) is 14.8. The minimum Gasteiger partial charge on any atom is -0.313 e. The van der Waals surface area contributed by atoms with Gasteiger partial charge in [-0.2, -0.15) is 0 Å². The van der Waals surface area contributed by atoms with Gasteiger partial charge in [-0.3, -0.25) is 0 Å². The fourth-order valence-electron chi connectivity index (χ4n) is 3.91. The van der Waals surface area contributed by atoms with E-state index in [9.17, 15) is 8.42 Å². The zero-order valence-corrected chi connectivity index (χ0v) is 13.0. The zero-order valence-electron chi connectivity index (χ0n) is 12.2. The van der Waals surface area contributed by atoms with E-state index in [1.807, 2.05) is 6.07 Å². The summed E-state index contributed by atoms with van der Waals surface area (Å²) in [5.74, 6) is 0. The maximum atomic E-state index is 11.6. The van der Waals surface area contributed by atoms with Gasteiger partial charge in [0, 0.05) is 11.5 Å². The molecule has 0 amide bonds. The first-order valence-corrected chi connectivity index (χ1v) is 8.60. The molecule has 0 radical (unpaired) electrons. The van der Waals surface area contributed by atoms with Crippen LogP contribution in [0.5, 0.6) is 0 Å². The van der Waals surface area contributed by atoms with Gasteiger partial charge in [0.2, 0.25) is 10.0 Å². The van der Waals surface area contributed by atoms with E-state index in [0.717, 1.165) is 24.9 Å². The van der Waals surface area contributed by atoms with Gasteiger partial charge in [-0.1, -0.05) is 26.8 Å². The Morgan fingerprint density at radius 3 is 2.65 bits per heavy atom. The molecular formula is C15H22N2O2S. The first kappa shape index (κ1) is 14.0. The smallest absolute Gasteiger partial charge is 0.238 e.